The molecular weight excluding hydrogens is 264 g/mol. The Balaban J connectivity index is 0.000000578. The summed E-state index contributed by atoms with van der Waals surface area (Å²) in [5, 5.41) is 27.5. The van der Waals surface area contributed by atoms with Crippen molar-refractivity contribution in [3.8, 4) is 12.5 Å². The minimum atomic E-state index is 0.535. The molecule has 0 bridgehead atoms. The summed E-state index contributed by atoms with van der Waals surface area (Å²) >= 11 is 0. The zero-order valence-corrected chi connectivity index (χ0v) is 11.8. The van der Waals surface area contributed by atoms with Gasteiger partial charge in [-0.2, -0.15) is 10.5 Å². The Morgan fingerprint density at radius 1 is 0.810 bits per heavy atom. The number of nitrogens with zero attached hydrogens (tertiary/aromatic N) is 2. The van der Waals surface area contributed by atoms with Crippen molar-refractivity contribution >= 4 is 0 Å². The lowest BCUT2D eigenvalue weighted by Gasteiger charge is -2.15. The van der Waals surface area contributed by atoms with Crippen LogP contribution in [0.2, 0.25) is 0 Å². The van der Waals surface area contributed by atoms with Crippen molar-refractivity contribution in [2.24, 2.45) is 0 Å². The second kappa shape index (κ2) is 12.1. The molecule has 0 amide bonds. The number of aliphatic hydroxyl groups excluding tert-OH is 2. The van der Waals surface area contributed by atoms with E-state index in [9.17, 15) is 0 Å². The van der Waals surface area contributed by atoms with E-state index in [0.29, 0.717) is 5.92 Å². The Morgan fingerprint density at radius 2 is 1.10 bits per heavy atom. The van der Waals surface area contributed by atoms with Crippen LogP contribution < -0.4 is 0 Å². The highest BCUT2D eigenvalue weighted by molar-refractivity contribution is 5.31. The molecule has 0 aromatic heterocycles. The molecule has 108 valence electrons. The zero-order chi connectivity index (χ0) is 15.9. The quantitative estimate of drug-likeness (QED) is 0.835. The van der Waals surface area contributed by atoms with Gasteiger partial charge in [0, 0.05) is 5.92 Å². The normalized spacial score (nSPS) is 8.19. The first-order valence-corrected chi connectivity index (χ1v) is 6.41. The second-order valence-electron chi connectivity index (χ2n) is 3.98. The van der Waals surface area contributed by atoms with Crippen LogP contribution >= 0.6 is 0 Å². The maximum atomic E-state index is 6.88. The molecule has 0 saturated carbocycles. The molecule has 0 aliphatic heterocycles. The average Bonchev–Trinajstić information content (AvgIpc) is 2.52. The first-order valence-electron chi connectivity index (χ1n) is 6.41. The van der Waals surface area contributed by atoms with E-state index >= 15 is 0 Å². The minimum absolute atomic E-state index is 0.535. The van der Waals surface area contributed by atoms with Gasteiger partial charge in [-0.1, -0.05) is 67.6 Å². The van der Waals surface area contributed by atoms with Gasteiger partial charge in [-0.15, -0.1) is 0 Å². The highest BCUT2D eigenvalue weighted by Crippen LogP contribution is 2.26. The van der Waals surface area contributed by atoms with Crippen molar-refractivity contribution in [1.82, 2.24) is 0 Å². The van der Waals surface area contributed by atoms with E-state index in [4.69, 9.17) is 20.7 Å². The van der Waals surface area contributed by atoms with E-state index in [1.165, 1.54) is 11.1 Å². The van der Waals surface area contributed by atoms with E-state index in [0.717, 1.165) is 18.9 Å². The third-order valence-corrected chi connectivity index (χ3v) is 2.81. The van der Waals surface area contributed by atoms with Crippen molar-refractivity contribution in [2.75, 3.05) is 0 Å². The Bertz CT molecular complexity index is 505. The van der Waals surface area contributed by atoms with Gasteiger partial charge < -0.3 is 10.2 Å². The lowest BCUT2D eigenvalue weighted by molar-refractivity contribution is 0.502. The molecule has 0 unspecified atom stereocenters. The molecule has 0 heterocycles. The Kier molecular flexibility index (Phi) is 10.4. The molecule has 4 nitrogen and oxygen atoms in total. The van der Waals surface area contributed by atoms with Gasteiger partial charge >= 0.3 is 0 Å². The predicted octanol–water partition coefficient (Wildman–Crippen LogP) is 3.91. The number of nitriles is 2. The Labute approximate surface area is 125 Å². The molecule has 0 fully saturated rings. The van der Waals surface area contributed by atoms with Gasteiger partial charge in [-0.05, 0) is 17.5 Å². The van der Waals surface area contributed by atoms with Gasteiger partial charge in [0.15, 0.2) is 0 Å². The molecule has 2 aromatic carbocycles. The topological polar surface area (TPSA) is 88.0 Å². The van der Waals surface area contributed by atoms with Crippen LogP contribution in [0.3, 0.4) is 0 Å². The molecule has 0 aliphatic rings. The first-order chi connectivity index (χ1) is 10.2. The third-order valence-electron chi connectivity index (χ3n) is 2.81. The van der Waals surface area contributed by atoms with Crippen molar-refractivity contribution in [2.45, 2.75) is 19.3 Å². The summed E-state index contributed by atoms with van der Waals surface area (Å²) in [6, 6.07) is 21.4. The van der Waals surface area contributed by atoms with E-state index in [-0.39, 0.29) is 0 Å². The fourth-order valence-electron chi connectivity index (χ4n) is 2.03. The molecular formula is C17H18N2O2. The SMILES string of the molecule is CCC(c1ccccc1)c1ccccc1.N#CO.N#CO. The maximum absolute atomic E-state index is 6.88. The zero-order valence-electron chi connectivity index (χ0n) is 11.8. The summed E-state index contributed by atoms with van der Waals surface area (Å²) in [5.74, 6) is 0.535. The number of benzene rings is 2. The summed E-state index contributed by atoms with van der Waals surface area (Å²) in [4.78, 5) is 0. The van der Waals surface area contributed by atoms with Crippen molar-refractivity contribution < 1.29 is 10.2 Å². The van der Waals surface area contributed by atoms with Crippen molar-refractivity contribution in [1.29, 1.82) is 10.5 Å². The molecule has 2 N–H and O–H groups in total. The summed E-state index contributed by atoms with van der Waals surface area (Å²) in [5.41, 5.74) is 2.82. The number of rotatable bonds is 3. The molecule has 2 rings (SSSR count). The van der Waals surface area contributed by atoms with Crippen LogP contribution in [0.15, 0.2) is 60.7 Å². The van der Waals surface area contributed by atoms with E-state index in [1.54, 1.807) is 0 Å². The van der Waals surface area contributed by atoms with Gasteiger partial charge in [0.1, 0.15) is 0 Å². The van der Waals surface area contributed by atoms with Crippen LogP contribution in [0.25, 0.3) is 0 Å². The van der Waals surface area contributed by atoms with Crippen LogP contribution in [-0.4, -0.2) is 10.2 Å². The molecule has 0 spiro atoms. The van der Waals surface area contributed by atoms with Gasteiger partial charge in [0.2, 0.25) is 0 Å². The lowest BCUT2D eigenvalue weighted by Crippen LogP contribution is -1.98. The second-order valence-corrected chi connectivity index (χ2v) is 3.98. The minimum Gasteiger partial charge on any atom is -0.443 e. The van der Waals surface area contributed by atoms with Crippen LogP contribution in [0.4, 0.5) is 0 Å². The van der Waals surface area contributed by atoms with Crippen LogP contribution in [-0.2, 0) is 0 Å². The molecule has 2 aromatic rings. The number of hydrogen-bond acceptors (Lipinski definition) is 4. The predicted molar refractivity (Wildman–Crippen MR) is 80.1 cm³/mol. The molecule has 0 radical (unpaired) electrons. The monoisotopic (exact) mass is 282 g/mol. The lowest BCUT2D eigenvalue weighted by atomic mass is 9.89. The fraction of sp³-hybridized carbons (Fsp3) is 0.176. The number of hydrogen-bond donors (Lipinski definition) is 2. The highest BCUT2D eigenvalue weighted by Gasteiger charge is 2.10. The largest absolute Gasteiger partial charge is 0.443 e. The highest BCUT2D eigenvalue weighted by atomic mass is 16.2. The summed E-state index contributed by atoms with van der Waals surface area (Å²) in [6.07, 6.45) is 2.65. The third kappa shape index (κ3) is 7.25. The van der Waals surface area contributed by atoms with E-state index < -0.39 is 0 Å². The van der Waals surface area contributed by atoms with Crippen LogP contribution in [0.1, 0.15) is 30.4 Å². The summed E-state index contributed by atoms with van der Waals surface area (Å²) < 4.78 is 0. The molecule has 0 saturated heterocycles. The van der Waals surface area contributed by atoms with Crippen LogP contribution in [0.5, 0.6) is 0 Å². The molecule has 21 heavy (non-hydrogen) atoms. The smallest absolute Gasteiger partial charge is 0.283 e. The standard InChI is InChI=1S/C15H16.2CHNO/c1-2-15(13-9-5-3-6-10-13)14-11-7-4-8-12-14;2*2-1-3/h3-12,15H,2H2,1H3;2*3H. The number of aliphatic hydroxyl groups is 2. The first kappa shape index (κ1) is 18.0. The van der Waals surface area contributed by atoms with Gasteiger partial charge in [0.05, 0.1) is 0 Å². The van der Waals surface area contributed by atoms with E-state index in [1.807, 2.05) is 0 Å². The maximum Gasteiger partial charge on any atom is 0.283 e. The molecule has 4 heteroatoms. The van der Waals surface area contributed by atoms with Gasteiger partial charge in [-0.3, -0.25) is 0 Å². The van der Waals surface area contributed by atoms with E-state index in [2.05, 4.69) is 67.6 Å². The van der Waals surface area contributed by atoms with Crippen LogP contribution in [0, 0.1) is 23.0 Å². The van der Waals surface area contributed by atoms with Gasteiger partial charge in [-0.25, -0.2) is 0 Å². The summed E-state index contributed by atoms with van der Waals surface area (Å²) in [7, 11) is 0. The van der Waals surface area contributed by atoms with Crippen molar-refractivity contribution in [3.63, 3.8) is 0 Å². The molecule has 0 atom stereocenters. The average molecular weight is 282 g/mol. The summed E-state index contributed by atoms with van der Waals surface area (Å²) in [6.45, 7) is 2.24. The Hall–Kier alpha value is -2.98. The molecule has 0 aliphatic carbocycles. The fourth-order valence-corrected chi connectivity index (χ4v) is 2.03. The Morgan fingerprint density at radius 3 is 1.33 bits per heavy atom. The van der Waals surface area contributed by atoms with Crippen molar-refractivity contribution in [3.05, 3.63) is 71.8 Å². The van der Waals surface area contributed by atoms with Gasteiger partial charge in [0.25, 0.3) is 12.5 Å².